The molecular formula is C18H29IN4S. The summed E-state index contributed by atoms with van der Waals surface area (Å²) in [5.74, 6) is 2.14. The highest BCUT2D eigenvalue weighted by atomic mass is 127. The van der Waals surface area contributed by atoms with Gasteiger partial charge < -0.3 is 15.6 Å². The summed E-state index contributed by atoms with van der Waals surface area (Å²) in [4.78, 5) is 7.61. The number of aromatic amines is 1. The SMILES string of the molecule is CN=C(NCCCCSC)NCCCc1c[nH]c2ccccc12.I. The molecule has 0 aliphatic rings. The maximum Gasteiger partial charge on any atom is 0.190 e. The van der Waals surface area contributed by atoms with Crippen LogP contribution in [0.2, 0.25) is 0 Å². The zero-order valence-electron chi connectivity index (χ0n) is 14.6. The Kier molecular flexibility index (Phi) is 11.0. The van der Waals surface area contributed by atoms with Crippen molar-refractivity contribution in [3.8, 4) is 0 Å². The molecule has 1 heterocycles. The molecule has 0 fully saturated rings. The van der Waals surface area contributed by atoms with E-state index in [4.69, 9.17) is 0 Å². The average molecular weight is 460 g/mol. The van der Waals surface area contributed by atoms with Crippen LogP contribution >= 0.6 is 35.7 Å². The van der Waals surface area contributed by atoms with Crippen molar-refractivity contribution < 1.29 is 0 Å². The molecule has 0 saturated carbocycles. The Labute approximate surface area is 166 Å². The van der Waals surface area contributed by atoms with E-state index in [1.807, 2.05) is 18.8 Å². The van der Waals surface area contributed by atoms with Crippen LogP contribution in [0, 0.1) is 0 Å². The van der Waals surface area contributed by atoms with Crippen molar-refractivity contribution in [2.24, 2.45) is 4.99 Å². The topological polar surface area (TPSA) is 52.2 Å². The molecule has 2 rings (SSSR count). The predicted octanol–water partition coefficient (Wildman–Crippen LogP) is 4.03. The minimum absolute atomic E-state index is 0. The third kappa shape index (κ3) is 6.93. The number of aromatic nitrogens is 1. The number of guanidine groups is 1. The molecule has 0 aliphatic carbocycles. The number of hydrogen-bond donors (Lipinski definition) is 3. The van der Waals surface area contributed by atoms with Gasteiger partial charge in [0.05, 0.1) is 0 Å². The van der Waals surface area contributed by atoms with E-state index >= 15 is 0 Å². The summed E-state index contributed by atoms with van der Waals surface area (Å²) in [6, 6.07) is 8.48. The Bertz CT molecular complexity index is 612. The summed E-state index contributed by atoms with van der Waals surface area (Å²) in [5.41, 5.74) is 2.61. The molecule has 0 saturated heterocycles. The summed E-state index contributed by atoms with van der Waals surface area (Å²) in [6.07, 6.45) is 8.89. The van der Waals surface area contributed by atoms with Gasteiger partial charge in [-0.25, -0.2) is 0 Å². The fourth-order valence-electron chi connectivity index (χ4n) is 2.62. The van der Waals surface area contributed by atoms with Gasteiger partial charge in [-0.15, -0.1) is 24.0 Å². The first-order chi connectivity index (χ1) is 11.3. The van der Waals surface area contributed by atoms with Gasteiger partial charge in [-0.05, 0) is 49.3 Å². The van der Waals surface area contributed by atoms with Crippen molar-refractivity contribution in [2.75, 3.05) is 32.1 Å². The summed E-state index contributed by atoms with van der Waals surface area (Å²) < 4.78 is 0. The van der Waals surface area contributed by atoms with Crippen molar-refractivity contribution in [1.82, 2.24) is 15.6 Å². The van der Waals surface area contributed by atoms with E-state index in [2.05, 4.69) is 57.3 Å². The highest BCUT2D eigenvalue weighted by Crippen LogP contribution is 2.18. The fraction of sp³-hybridized carbons (Fsp3) is 0.500. The highest BCUT2D eigenvalue weighted by molar-refractivity contribution is 14.0. The molecule has 0 aliphatic heterocycles. The van der Waals surface area contributed by atoms with Crippen molar-refractivity contribution >= 4 is 52.6 Å². The lowest BCUT2D eigenvalue weighted by molar-refractivity contribution is 0.714. The van der Waals surface area contributed by atoms with Crippen LogP contribution in [0.1, 0.15) is 24.8 Å². The molecule has 0 unspecified atom stereocenters. The summed E-state index contributed by atoms with van der Waals surface area (Å²) in [7, 11) is 1.83. The molecule has 0 bridgehead atoms. The number of fused-ring (bicyclic) bond motifs is 1. The van der Waals surface area contributed by atoms with Crippen LogP contribution in [-0.4, -0.2) is 43.1 Å². The van der Waals surface area contributed by atoms with Gasteiger partial charge in [0.1, 0.15) is 0 Å². The number of hydrogen-bond acceptors (Lipinski definition) is 2. The number of H-pyrrole nitrogens is 1. The zero-order chi connectivity index (χ0) is 16.3. The largest absolute Gasteiger partial charge is 0.361 e. The molecular weight excluding hydrogens is 431 g/mol. The molecule has 4 nitrogen and oxygen atoms in total. The molecule has 6 heteroatoms. The number of aryl methyl sites for hydroxylation is 1. The monoisotopic (exact) mass is 460 g/mol. The molecule has 0 spiro atoms. The van der Waals surface area contributed by atoms with Crippen LogP contribution in [0.25, 0.3) is 10.9 Å². The van der Waals surface area contributed by atoms with Crippen LogP contribution < -0.4 is 10.6 Å². The quantitative estimate of drug-likeness (QED) is 0.229. The third-order valence-electron chi connectivity index (χ3n) is 3.88. The van der Waals surface area contributed by atoms with Crippen molar-refractivity contribution in [2.45, 2.75) is 25.7 Å². The van der Waals surface area contributed by atoms with E-state index in [0.717, 1.165) is 31.9 Å². The van der Waals surface area contributed by atoms with E-state index in [0.29, 0.717) is 0 Å². The second-order valence-corrected chi connectivity index (χ2v) is 6.57. The van der Waals surface area contributed by atoms with Crippen molar-refractivity contribution in [1.29, 1.82) is 0 Å². The number of rotatable bonds is 9. The summed E-state index contributed by atoms with van der Waals surface area (Å²) >= 11 is 1.91. The maximum atomic E-state index is 4.27. The lowest BCUT2D eigenvalue weighted by Crippen LogP contribution is -2.38. The first-order valence-corrected chi connectivity index (χ1v) is 9.73. The van der Waals surface area contributed by atoms with Gasteiger partial charge in [0.2, 0.25) is 0 Å². The van der Waals surface area contributed by atoms with Crippen molar-refractivity contribution in [3.63, 3.8) is 0 Å². The van der Waals surface area contributed by atoms with Crippen molar-refractivity contribution in [3.05, 3.63) is 36.0 Å². The Balaban J connectivity index is 0.00000288. The number of nitrogens with zero attached hydrogens (tertiary/aromatic N) is 1. The number of aliphatic imine (C=N–C) groups is 1. The van der Waals surface area contributed by atoms with E-state index in [9.17, 15) is 0 Å². The normalized spacial score (nSPS) is 11.3. The standard InChI is InChI=1S/C18H28N4S.HI/c1-19-18(20-11-5-6-13-23-2)21-12-7-8-15-14-22-17-10-4-3-9-16(15)17;/h3-4,9-10,14,22H,5-8,11-13H2,1-2H3,(H2,19,20,21);1H. The van der Waals surface area contributed by atoms with Gasteiger partial charge >= 0.3 is 0 Å². The van der Waals surface area contributed by atoms with Gasteiger partial charge in [-0.2, -0.15) is 11.8 Å². The number of para-hydroxylation sites is 1. The molecule has 24 heavy (non-hydrogen) atoms. The second-order valence-electron chi connectivity index (χ2n) is 5.59. The molecule has 2 aromatic rings. The molecule has 0 radical (unpaired) electrons. The number of nitrogens with one attached hydrogen (secondary N) is 3. The predicted molar refractivity (Wildman–Crippen MR) is 119 cm³/mol. The van der Waals surface area contributed by atoms with Crippen LogP contribution in [0.5, 0.6) is 0 Å². The smallest absolute Gasteiger partial charge is 0.190 e. The minimum atomic E-state index is 0. The van der Waals surface area contributed by atoms with E-state index < -0.39 is 0 Å². The Morgan fingerprint density at radius 3 is 2.62 bits per heavy atom. The van der Waals surface area contributed by atoms with Gasteiger partial charge in [0.25, 0.3) is 0 Å². The molecule has 3 N–H and O–H groups in total. The van der Waals surface area contributed by atoms with Gasteiger partial charge in [-0.3, -0.25) is 4.99 Å². The van der Waals surface area contributed by atoms with Gasteiger partial charge in [-0.1, -0.05) is 18.2 Å². The number of thioether (sulfide) groups is 1. The first-order valence-electron chi connectivity index (χ1n) is 8.33. The van der Waals surface area contributed by atoms with Crippen LogP contribution in [0.15, 0.2) is 35.5 Å². The lowest BCUT2D eigenvalue weighted by atomic mass is 10.1. The second kappa shape index (κ2) is 12.5. The van der Waals surface area contributed by atoms with Gasteiger partial charge in [0, 0.05) is 37.2 Å². The Morgan fingerprint density at radius 2 is 1.88 bits per heavy atom. The Hall–Kier alpha value is -0.890. The van der Waals surface area contributed by atoms with Crippen LogP contribution in [-0.2, 0) is 6.42 Å². The minimum Gasteiger partial charge on any atom is -0.361 e. The molecule has 0 atom stereocenters. The number of halogens is 1. The summed E-state index contributed by atoms with van der Waals surface area (Å²) in [6.45, 7) is 1.92. The molecule has 1 aromatic carbocycles. The first kappa shape index (κ1) is 21.2. The van der Waals surface area contributed by atoms with E-state index in [1.54, 1.807) is 0 Å². The zero-order valence-corrected chi connectivity index (χ0v) is 17.7. The van der Waals surface area contributed by atoms with E-state index in [-0.39, 0.29) is 24.0 Å². The summed E-state index contributed by atoms with van der Waals surface area (Å²) in [5, 5.41) is 8.11. The van der Waals surface area contributed by atoms with Gasteiger partial charge in [0.15, 0.2) is 5.96 Å². The number of benzene rings is 1. The van der Waals surface area contributed by atoms with Crippen LogP contribution in [0.3, 0.4) is 0 Å². The lowest BCUT2D eigenvalue weighted by Gasteiger charge is -2.11. The molecule has 134 valence electrons. The average Bonchev–Trinajstić information content (AvgIpc) is 3.00. The number of unbranched alkanes of at least 4 members (excludes halogenated alkanes) is 1. The third-order valence-corrected chi connectivity index (χ3v) is 4.58. The molecule has 1 aromatic heterocycles. The maximum absolute atomic E-state index is 4.27. The Morgan fingerprint density at radius 1 is 1.12 bits per heavy atom. The fourth-order valence-corrected chi connectivity index (χ4v) is 3.12. The molecule has 0 amide bonds. The highest BCUT2D eigenvalue weighted by Gasteiger charge is 2.03. The van der Waals surface area contributed by atoms with E-state index in [1.165, 1.54) is 35.1 Å². The van der Waals surface area contributed by atoms with Crippen LogP contribution in [0.4, 0.5) is 0 Å².